The highest BCUT2D eigenvalue weighted by atomic mass is 16.4. The van der Waals surface area contributed by atoms with Gasteiger partial charge in [0.15, 0.2) is 23.0 Å². The molecule has 8 nitrogen and oxygen atoms in total. The van der Waals surface area contributed by atoms with Gasteiger partial charge >= 0.3 is 0 Å². The zero-order valence-electron chi connectivity index (χ0n) is 22.8. The van der Waals surface area contributed by atoms with Gasteiger partial charge in [-0.25, -0.2) is 0 Å². The van der Waals surface area contributed by atoms with Crippen molar-refractivity contribution in [1.82, 2.24) is 0 Å². The molecule has 8 heteroatoms. The SMILES string of the molecule is Oc1c(O)c(O)c2c(-c3ccc4ccccc4c3)c3c(O)c(O)c(O)c(O)c3c(-c3cccc(-c4ccccc4)c3)c2c1O. The molecular weight excluding hydrogens is 560 g/mol. The minimum absolute atomic E-state index is 0.00326. The van der Waals surface area contributed by atoms with E-state index in [4.69, 9.17) is 0 Å². The van der Waals surface area contributed by atoms with Crippen molar-refractivity contribution < 1.29 is 40.9 Å². The number of phenolic OH excluding ortho intramolecular Hbond substituents is 8. The van der Waals surface area contributed by atoms with Crippen LogP contribution in [0.3, 0.4) is 0 Å². The van der Waals surface area contributed by atoms with Crippen LogP contribution < -0.4 is 0 Å². The van der Waals surface area contributed by atoms with Crippen molar-refractivity contribution in [3.05, 3.63) is 97.1 Å². The lowest BCUT2D eigenvalue weighted by atomic mass is 9.83. The molecule has 0 unspecified atom stereocenters. The molecule has 7 aromatic carbocycles. The van der Waals surface area contributed by atoms with E-state index in [0.29, 0.717) is 11.1 Å². The molecule has 44 heavy (non-hydrogen) atoms. The molecule has 0 amide bonds. The molecule has 216 valence electrons. The van der Waals surface area contributed by atoms with E-state index in [2.05, 4.69) is 0 Å². The third-order valence-electron chi connectivity index (χ3n) is 8.09. The molecule has 0 radical (unpaired) electrons. The summed E-state index contributed by atoms with van der Waals surface area (Å²) in [4.78, 5) is 0. The Kier molecular flexibility index (Phi) is 5.83. The second-order valence-electron chi connectivity index (χ2n) is 10.5. The first kappa shape index (κ1) is 26.6. The van der Waals surface area contributed by atoms with Gasteiger partial charge in [0.2, 0.25) is 23.0 Å². The predicted molar refractivity (Wildman–Crippen MR) is 169 cm³/mol. The Morgan fingerprint density at radius 1 is 0.273 bits per heavy atom. The van der Waals surface area contributed by atoms with Gasteiger partial charge in [0.25, 0.3) is 0 Å². The lowest BCUT2D eigenvalue weighted by Gasteiger charge is -2.23. The lowest BCUT2D eigenvalue weighted by molar-refractivity contribution is 0.350. The van der Waals surface area contributed by atoms with Gasteiger partial charge in [0.05, 0.1) is 0 Å². The smallest absolute Gasteiger partial charge is 0.204 e. The summed E-state index contributed by atoms with van der Waals surface area (Å²) < 4.78 is 0. The second kappa shape index (κ2) is 9.64. The maximum atomic E-state index is 11.4. The van der Waals surface area contributed by atoms with Crippen LogP contribution in [0.4, 0.5) is 0 Å². The van der Waals surface area contributed by atoms with Gasteiger partial charge < -0.3 is 40.9 Å². The third kappa shape index (κ3) is 3.71. The number of benzene rings is 7. The Balaban J connectivity index is 1.76. The average molecular weight is 585 g/mol. The highest BCUT2D eigenvalue weighted by Crippen LogP contribution is 2.61. The van der Waals surface area contributed by atoms with E-state index < -0.39 is 46.0 Å². The molecule has 0 saturated carbocycles. The summed E-state index contributed by atoms with van der Waals surface area (Å²) >= 11 is 0. The Morgan fingerprint density at radius 2 is 0.682 bits per heavy atom. The van der Waals surface area contributed by atoms with Gasteiger partial charge in [-0.05, 0) is 45.2 Å². The number of fused-ring (bicyclic) bond motifs is 3. The molecule has 0 atom stereocenters. The molecule has 0 aromatic heterocycles. The molecule has 0 bridgehead atoms. The summed E-state index contributed by atoms with van der Waals surface area (Å²) in [5.41, 5.74) is 2.31. The zero-order chi connectivity index (χ0) is 30.9. The first-order valence-electron chi connectivity index (χ1n) is 13.6. The topological polar surface area (TPSA) is 162 Å². The van der Waals surface area contributed by atoms with E-state index in [0.717, 1.165) is 21.9 Å². The summed E-state index contributed by atoms with van der Waals surface area (Å²) in [7, 11) is 0. The van der Waals surface area contributed by atoms with E-state index in [-0.39, 0.29) is 32.7 Å². The summed E-state index contributed by atoms with van der Waals surface area (Å²) in [6.45, 7) is 0. The first-order valence-corrected chi connectivity index (χ1v) is 13.6. The van der Waals surface area contributed by atoms with Gasteiger partial charge in [0.1, 0.15) is 0 Å². The molecular formula is C36H24O8. The highest BCUT2D eigenvalue weighted by molar-refractivity contribution is 6.29. The zero-order valence-corrected chi connectivity index (χ0v) is 22.8. The lowest BCUT2D eigenvalue weighted by Crippen LogP contribution is -1.95. The largest absolute Gasteiger partial charge is 0.504 e. The third-order valence-corrected chi connectivity index (χ3v) is 8.09. The van der Waals surface area contributed by atoms with Gasteiger partial charge in [-0.15, -0.1) is 0 Å². The van der Waals surface area contributed by atoms with Crippen molar-refractivity contribution in [2.24, 2.45) is 0 Å². The number of hydrogen-bond acceptors (Lipinski definition) is 8. The molecule has 0 heterocycles. The van der Waals surface area contributed by atoms with Crippen LogP contribution in [0.2, 0.25) is 0 Å². The number of rotatable bonds is 3. The molecule has 7 rings (SSSR count). The highest BCUT2D eigenvalue weighted by Gasteiger charge is 2.32. The van der Waals surface area contributed by atoms with Crippen LogP contribution in [0.5, 0.6) is 46.0 Å². The van der Waals surface area contributed by atoms with Gasteiger partial charge in [-0.2, -0.15) is 0 Å². The van der Waals surface area contributed by atoms with Crippen LogP contribution in [-0.2, 0) is 0 Å². The van der Waals surface area contributed by atoms with Crippen molar-refractivity contribution in [3.8, 4) is 79.4 Å². The normalized spacial score (nSPS) is 11.5. The molecule has 0 aliphatic rings. The van der Waals surface area contributed by atoms with E-state index in [9.17, 15) is 40.9 Å². The van der Waals surface area contributed by atoms with Crippen molar-refractivity contribution in [1.29, 1.82) is 0 Å². The van der Waals surface area contributed by atoms with Crippen molar-refractivity contribution in [3.63, 3.8) is 0 Å². The van der Waals surface area contributed by atoms with Gasteiger partial charge in [0, 0.05) is 32.7 Å². The van der Waals surface area contributed by atoms with Crippen LogP contribution in [0.15, 0.2) is 97.1 Å². The van der Waals surface area contributed by atoms with Crippen molar-refractivity contribution in [2.75, 3.05) is 0 Å². The summed E-state index contributed by atoms with van der Waals surface area (Å²) in [6.07, 6.45) is 0. The van der Waals surface area contributed by atoms with E-state index in [1.54, 1.807) is 36.4 Å². The maximum absolute atomic E-state index is 11.4. The van der Waals surface area contributed by atoms with Gasteiger partial charge in [-0.1, -0.05) is 84.9 Å². The quantitative estimate of drug-likeness (QED) is 0.0593. The number of hydrogen-bond donors (Lipinski definition) is 8. The van der Waals surface area contributed by atoms with Crippen LogP contribution in [0.1, 0.15) is 0 Å². The van der Waals surface area contributed by atoms with Gasteiger partial charge in [-0.3, -0.25) is 0 Å². The standard InChI is InChI=1S/C36H24O8/c37-29-25-23(21-12-6-11-20(15-21)17-7-2-1-3-8-17)26-28(32(40)36(44)34(42)30(26)38)24(27(25)31(39)35(43)33(29)41)22-14-13-18-9-4-5-10-19(18)16-22/h1-16,37-44H. The fourth-order valence-corrected chi connectivity index (χ4v) is 6.03. The molecule has 7 aromatic rings. The Labute approximate surface area is 249 Å². The molecule has 0 aliphatic carbocycles. The minimum Gasteiger partial charge on any atom is -0.504 e. The average Bonchev–Trinajstić information content (AvgIpc) is 3.06. The second-order valence-corrected chi connectivity index (χ2v) is 10.5. The van der Waals surface area contributed by atoms with E-state index in [1.807, 2.05) is 60.7 Å². The molecule has 0 saturated heterocycles. The first-order chi connectivity index (χ1) is 21.2. The minimum atomic E-state index is -1.01. The maximum Gasteiger partial charge on any atom is 0.204 e. The van der Waals surface area contributed by atoms with Crippen molar-refractivity contribution >= 4 is 32.3 Å². The van der Waals surface area contributed by atoms with E-state index in [1.165, 1.54) is 0 Å². The predicted octanol–water partition coefficient (Wildman–Crippen LogP) is 7.79. The monoisotopic (exact) mass is 584 g/mol. The molecule has 0 fully saturated rings. The van der Waals surface area contributed by atoms with E-state index >= 15 is 0 Å². The Hall–Kier alpha value is -6.28. The summed E-state index contributed by atoms with van der Waals surface area (Å²) in [6, 6.07) is 28.9. The molecule has 8 N–H and O–H groups in total. The fourth-order valence-electron chi connectivity index (χ4n) is 6.03. The van der Waals surface area contributed by atoms with Crippen LogP contribution in [-0.4, -0.2) is 40.9 Å². The van der Waals surface area contributed by atoms with Crippen molar-refractivity contribution in [2.45, 2.75) is 0 Å². The number of phenols is 8. The Bertz CT molecular complexity index is 2230. The van der Waals surface area contributed by atoms with Crippen LogP contribution in [0.25, 0.3) is 65.7 Å². The summed E-state index contributed by atoms with van der Waals surface area (Å²) in [5.74, 6) is -7.28. The fraction of sp³-hybridized carbons (Fsp3) is 0. The number of aromatic hydroxyl groups is 8. The van der Waals surface area contributed by atoms with Crippen LogP contribution in [0, 0.1) is 0 Å². The Morgan fingerprint density at radius 3 is 1.20 bits per heavy atom. The molecule has 0 spiro atoms. The summed E-state index contributed by atoms with van der Waals surface area (Å²) in [5, 5.41) is 89.4. The molecule has 0 aliphatic heterocycles. The van der Waals surface area contributed by atoms with Crippen LogP contribution >= 0.6 is 0 Å².